The van der Waals surface area contributed by atoms with Gasteiger partial charge in [0.05, 0.1) is 37.3 Å². The number of benzene rings is 1. The molecule has 0 heterocycles. The van der Waals surface area contributed by atoms with Crippen molar-refractivity contribution < 1.29 is 27.5 Å². The molecule has 1 N–H and O–H groups in total. The van der Waals surface area contributed by atoms with Gasteiger partial charge in [-0.1, -0.05) is 0 Å². The molecular formula is C11H13NO6S. The van der Waals surface area contributed by atoms with Crippen molar-refractivity contribution in [2.45, 2.75) is 0 Å². The third-order valence-electron chi connectivity index (χ3n) is 2.14. The van der Waals surface area contributed by atoms with Gasteiger partial charge in [-0.3, -0.25) is 4.72 Å². The number of ether oxygens (including phenoxy) is 2. The Morgan fingerprint density at radius 2 is 1.68 bits per heavy atom. The summed E-state index contributed by atoms with van der Waals surface area (Å²) in [5.41, 5.74) is 0.0692. The molecule has 0 aliphatic rings. The number of carbonyl (C=O) groups is 2. The van der Waals surface area contributed by atoms with Crippen LogP contribution in [0.3, 0.4) is 0 Å². The minimum absolute atomic E-state index is 0.0296. The van der Waals surface area contributed by atoms with Gasteiger partial charge in [-0.25, -0.2) is 18.0 Å². The quantitative estimate of drug-likeness (QED) is 0.815. The molecule has 0 fully saturated rings. The Hall–Kier alpha value is -2.09. The fraction of sp³-hybridized carbons (Fsp3) is 0.273. The lowest BCUT2D eigenvalue weighted by molar-refractivity contribution is 0.0600. The van der Waals surface area contributed by atoms with Crippen LogP contribution >= 0.6 is 0 Å². The molecule has 0 atom stereocenters. The van der Waals surface area contributed by atoms with Gasteiger partial charge in [0.2, 0.25) is 10.0 Å². The molecule has 1 rings (SSSR count). The molecule has 0 aliphatic heterocycles. The molecular weight excluding hydrogens is 274 g/mol. The van der Waals surface area contributed by atoms with E-state index in [1.807, 2.05) is 0 Å². The highest BCUT2D eigenvalue weighted by atomic mass is 32.2. The standard InChI is InChI=1S/C11H13NO6S/c1-17-10(13)7-4-5-9(12-19(3,15)16)8(6-7)11(14)18-2/h4-6,12H,1-3H3. The number of esters is 2. The van der Waals surface area contributed by atoms with E-state index in [2.05, 4.69) is 14.2 Å². The smallest absolute Gasteiger partial charge is 0.340 e. The van der Waals surface area contributed by atoms with Crippen molar-refractivity contribution >= 4 is 27.6 Å². The first kappa shape index (κ1) is 15.0. The Kier molecular flexibility index (Phi) is 4.49. The first-order valence-electron chi connectivity index (χ1n) is 5.07. The summed E-state index contributed by atoms with van der Waals surface area (Å²) < 4.78 is 33.6. The van der Waals surface area contributed by atoms with E-state index in [4.69, 9.17) is 0 Å². The third-order valence-corrected chi connectivity index (χ3v) is 2.73. The minimum atomic E-state index is -3.55. The lowest BCUT2D eigenvalue weighted by Crippen LogP contribution is -2.15. The fourth-order valence-electron chi connectivity index (χ4n) is 1.36. The van der Waals surface area contributed by atoms with Crippen molar-refractivity contribution in [2.75, 3.05) is 25.2 Å². The highest BCUT2D eigenvalue weighted by Gasteiger charge is 2.17. The average molecular weight is 287 g/mol. The van der Waals surface area contributed by atoms with E-state index >= 15 is 0 Å². The Labute approximate surface area is 110 Å². The van der Waals surface area contributed by atoms with Crippen molar-refractivity contribution in [3.63, 3.8) is 0 Å². The predicted molar refractivity (Wildman–Crippen MR) is 67.6 cm³/mol. The first-order chi connectivity index (χ1) is 8.78. The van der Waals surface area contributed by atoms with E-state index in [0.717, 1.165) is 13.4 Å². The molecule has 0 spiro atoms. The minimum Gasteiger partial charge on any atom is -0.465 e. The molecule has 0 unspecified atom stereocenters. The molecule has 0 aromatic heterocycles. The number of rotatable bonds is 4. The van der Waals surface area contributed by atoms with Crippen LogP contribution in [0.2, 0.25) is 0 Å². The van der Waals surface area contributed by atoms with Gasteiger partial charge in [-0.05, 0) is 18.2 Å². The van der Waals surface area contributed by atoms with E-state index in [-0.39, 0.29) is 16.8 Å². The van der Waals surface area contributed by atoms with Crippen LogP contribution in [0.1, 0.15) is 20.7 Å². The number of anilines is 1. The first-order valence-corrected chi connectivity index (χ1v) is 6.96. The second kappa shape index (κ2) is 5.70. The van der Waals surface area contributed by atoms with Crippen LogP contribution in [-0.4, -0.2) is 40.8 Å². The summed E-state index contributed by atoms with van der Waals surface area (Å²) in [5.74, 6) is -1.41. The summed E-state index contributed by atoms with van der Waals surface area (Å²) >= 11 is 0. The van der Waals surface area contributed by atoms with Crippen molar-refractivity contribution in [2.24, 2.45) is 0 Å². The van der Waals surface area contributed by atoms with Gasteiger partial charge >= 0.3 is 11.9 Å². The van der Waals surface area contributed by atoms with Gasteiger partial charge in [0.25, 0.3) is 0 Å². The van der Waals surface area contributed by atoms with E-state index in [9.17, 15) is 18.0 Å². The number of hydrogen-bond acceptors (Lipinski definition) is 6. The van der Waals surface area contributed by atoms with Crippen molar-refractivity contribution in [1.82, 2.24) is 0 Å². The topological polar surface area (TPSA) is 98.8 Å². The molecule has 1 aromatic carbocycles. The maximum absolute atomic E-state index is 11.6. The molecule has 0 bridgehead atoms. The van der Waals surface area contributed by atoms with Crippen LogP contribution in [0, 0.1) is 0 Å². The highest BCUT2D eigenvalue weighted by Crippen LogP contribution is 2.20. The van der Waals surface area contributed by atoms with Crippen LogP contribution in [0.5, 0.6) is 0 Å². The van der Waals surface area contributed by atoms with Gasteiger partial charge < -0.3 is 9.47 Å². The summed E-state index contributed by atoms with van der Waals surface area (Å²) in [6, 6.07) is 3.83. The number of methoxy groups -OCH3 is 2. The molecule has 0 aliphatic carbocycles. The van der Waals surface area contributed by atoms with E-state index < -0.39 is 22.0 Å². The van der Waals surface area contributed by atoms with Gasteiger partial charge in [0, 0.05) is 0 Å². The van der Waals surface area contributed by atoms with Crippen LogP contribution in [0.15, 0.2) is 18.2 Å². The zero-order chi connectivity index (χ0) is 14.6. The van der Waals surface area contributed by atoms with Crippen LogP contribution < -0.4 is 4.72 Å². The number of hydrogen-bond donors (Lipinski definition) is 1. The second-order valence-electron chi connectivity index (χ2n) is 3.62. The number of nitrogens with one attached hydrogen (secondary N) is 1. The summed E-state index contributed by atoms with van der Waals surface area (Å²) in [5, 5.41) is 0. The molecule has 7 nitrogen and oxygen atoms in total. The molecule has 0 radical (unpaired) electrons. The van der Waals surface area contributed by atoms with E-state index in [1.54, 1.807) is 0 Å². The normalized spacial score (nSPS) is 10.7. The summed E-state index contributed by atoms with van der Waals surface area (Å²) in [4.78, 5) is 22.9. The van der Waals surface area contributed by atoms with Crippen LogP contribution in [0.25, 0.3) is 0 Å². The lowest BCUT2D eigenvalue weighted by Gasteiger charge is -2.10. The Bertz CT molecular complexity index is 608. The van der Waals surface area contributed by atoms with Gasteiger partial charge in [-0.2, -0.15) is 0 Å². The monoisotopic (exact) mass is 287 g/mol. The molecule has 0 saturated heterocycles. The molecule has 19 heavy (non-hydrogen) atoms. The summed E-state index contributed by atoms with van der Waals surface area (Å²) in [6.07, 6.45) is 0.947. The number of carbonyl (C=O) groups excluding carboxylic acids is 2. The highest BCUT2D eigenvalue weighted by molar-refractivity contribution is 7.92. The van der Waals surface area contributed by atoms with E-state index in [0.29, 0.717) is 0 Å². The third kappa shape index (κ3) is 3.95. The summed E-state index contributed by atoms with van der Waals surface area (Å²) in [6.45, 7) is 0. The molecule has 0 saturated carbocycles. The molecule has 0 amide bonds. The van der Waals surface area contributed by atoms with Crippen molar-refractivity contribution in [1.29, 1.82) is 0 Å². The largest absolute Gasteiger partial charge is 0.465 e. The van der Waals surface area contributed by atoms with Gasteiger partial charge in [-0.15, -0.1) is 0 Å². The molecule has 1 aromatic rings. The maximum Gasteiger partial charge on any atom is 0.340 e. The van der Waals surface area contributed by atoms with Crippen molar-refractivity contribution in [3.05, 3.63) is 29.3 Å². The average Bonchev–Trinajstić information content (AvgIpc) is 2.35. The predicted octanol–water partition coefficient (Wildman–Crippen LogP) is 0.631. The Morgan fingerprint density at radius 1 is 1.11 bits per heavy atom. The van der Waals surface area contributed by atoms with Gasteiger partial charge in [0.1, 0.15) is 0 Å². The van der Waals surface area contributed by atoms with Crippen LogP contribution in [-0.2, 0) is 19.5 Å². The summed E-state index contributed by atoms with van der Waals surface area (Å²) in [7, 11) is -1.21. The van der Waals surface area contributed by atoms with Gasteiger partial charge in [0.15, 0.2) is 0 Å². The van der Waals surface area contributed by atoms with Crippen molar-refractivity contribution in [3.8, 4) is 0 Å². The lowest BCUT2D eigenvalue weighted by atomic mass is 10.1. The molecule has 104 valence electrons. The number of sulfonamides is 1. The maximum atomic E-state index is 11.6. The zero-order valence-electron chi connectivity index (χ0n) is 10.6. The molecule has 8 heteroatoms. The van der Waals surface area contributed by atoms with Crippen LogP contribution in [0.4, 0.5) is 5.69 Å². The fourth-order valence-corrected chi connectivity index (χ4v) is 1.93. The SMILES string of the molecule is COC(=O)c1ccc(NS(C)(=O)=O)c(C(=O)OC)c1. The Balaban J connectivity index is 3.32. The zero-order valence-corrected chi connectivity index (χ0v) is 11.4. The van der Waals surface area contributed by atoms with E-state index in [1.165, 1.54) is 25.3 Å². The second-order valence-corrected chi connectivity index (χ2v) is 5.37. The Morgan fingerprint density at radius 3 is 2.16 bits per heavy atom.